The van der Waals surface area contributed by atoms with Gasteiger partial charge in [0.15, 0.2) is 5.75 Å². The number of phenols is 1. The highest BCUT2D eigenvalue weighted by atomic mass is 79.9. The van der Waals surface area contributed by atoms with Crippen molar-refractivity contribution < 1.29 is 18.1 Å². The van der Waals surface area contributed by atoms with Gasteiger partial charge < -0.3 is 10.0 Å². The van der Waals surface area contributed by atoms with Gasteiger partial charge >= 0.3 is 0 Å². The van der Waals surface area contributed by atoms with Crippen LogP contribution >= 0.6 is 31.9 Å². The Balaban J connectivity index is 2.26. The zero-order valence-corrected chi connectivity index (χ0v) is 14.4. The fourth-order valence-corrected chi connectivity index (χ4v) is 3.91. The topological polar surface area (TPSA) is 77.8 Å². The lowest BCUT2D eigenvalue weighted by Crippen LogP contribution is -2.23. The van der Waals surface area contributed by atoms with E-state index in [9.17, 15) is 13.5 Å². The van der Waals surface area contributed by atoms with E-state index in [2.05, 4.69) is 31.9 Å². The van der Waals surface area contributed by atoms with Crippen molar-refractivity contribution in [1.82, 2.24) is 0 Å². The molecule has 0 spiro atoms. The smallest absolute Gasteiger partial charge is 0.264 e. The summed E-state index contributed by atoms with van der Waals surface area (Å²) < 4.78 is 31.7. The monoisotopic (exact) mass is 425 g/mol. The van der Waals surface area contributed by atoms with Gasteiger partial charge in [-0.2, -0.15) is 8.42 Å². The lowest BCUT2D eigenvalue weighted by atomic mass is 10.0. The molecule has 1 aliphatic rings. The third-order valence-corrected chi connectivity index (χ3v) is 5.09. The molecule has 5 nitrogen and oxygen atoms in total. The number of hydrogen-bond donors (Lipinski definition) is 2. The van der Waals surface area contributed by atoms with Gasteiger partial charge in [-0.3, -0.25) is 4.55 Å². The number of hydrogen-bond acceptors (Lipinski definition) is 4. The van der Waals surface area contributed by atoms with Gasteiger partial charge in [0.2, 0.25) is 0 Å². The van der Waals surface area contributed by atoms with Gasteiger partial charge in [0.05, 0.1) is 15.9 Å². The molecule has 1 aromatic carbocycles. The van der Waals surface area contributed by atoms with Gasteiger partial charge in [0.25, 0.3) is 10.1 Å². The summed E-state index contributed by atoms with van der Waals surface area (Å²) in [5.74, 6) is -0.179. The number of rotatable bonds is 4. The lowest BCUT2D eigenvalue weighted by Gasteiger charge is -2.28. The van der Waals surface area contributed by atoms with E-state index in [-0.39, 0.29) is 17.9 Å². The minimum absolute atomic E-state index is 0.124. The molecular weight excluding hydrogens is 414 g/mol. The van der Waals surface area contributed by atoms with Gasteiger partial charge in [0.1, 0.15) is 0 Å². The van der Waals surface area contributed by atoms with Gasteiger partial charge in [-0.1, -0.05) is 22.0 Å². The number of anilines is 1. The molecule has 0 saturated heterocycles. The molecule has 0 unspecified atom stereocenters. The third-order valence-electron chi connectivity index (χ3n) is 2.97. The number of nitrogens with zero attached hydrogens (tertiary/aromatic N) is 1. The highest BCUT2D eigenvalue weighted by Gasteiger charge is 2.22. The molecule has 1 aromatic rings. The van der Waals surface area contributed by atoms with E-state index in [1.54, 1.807) is 11.0 Å². The van der Waals surface area contributed by atoms with Gasteiger partial charge in [-0.25, -0.2) is 0 Å². The second-order valence-electron chi connectivity index (χ2n) is 4.44. The van der Waals surface area contributed by atoms with Crippen LogP contribution in [-0.4, -0.2) is 30.4 Å². The van der Waals surface area contributed by atoms with Crippen LogP contribution in [0.3, 0.4) is 0 Å². The molecule has 20 heavy (non-hydrogen) atoms. The molecule has 0 aliphatic carbocycles. The fourth-order valence-electron chi connectivity index (χ4n) is 2.12. The molecule has 0 bridgehead atoms. The Morgan fingerprint density at radius 2 is 2.00 bits per heavy atom. The Labute approximate surface area is 134 Å². The van der Waals surface area contributed by atoms with Crippen LogP contribution in [-0.2, 0) is 16.5 Å². The Morgan fingerprint density at radius 3 is 2.65 bits per heavy atom. The number of fused-ring (bicyclic) bond motifs is 1. The zero-order chi connectivity index (χ0) is 14.9. The van der Waals surface area contributed by atoms with Crippen molar-refractivity contribution in [2.24, 2.45) is 0 Å². The summed E-state index contributed by atoms with van der Waals surface area (Å²) in [5.41, 5.74) is 1.60. The number of phenolic OH excluding ortho intramolecular Hbond substituents is 1. The number of allylic oxidation sites excluding steroid dienone is 1. The second kappa shape index (κ2) is 6.05. The SMILES string of the molecule is O=S(=O)(O)CCCN1C=CCc2c(Br)cc(Br)c(O)c21. The third kappa shape index (κ3) is 3.55. The summed E-state index contributed by atoms with van der Waals surface area (Å²) in [4.78, 5) is 1.79. The van der Waals surface area contributed by atoms with E-state index in [1.807, 2.05) is 12.3 Å². The maximum absolute atomic E-state index is 10.7. The zero-order valence-electron chi connectivity index (χ0n) is 10.4. The number of halogens is 2. The van der Waals surface area contributed by atoms with Crippen molar-refractivity contribution in [3.05, 3.63) is 32.9 Å². The van der Waals surface area contributed by atoms with Crippen LogP contribution in [0.25, 0.3) is 0 Å². The molecule has 0 amide bonds. The average molecular weight is 427 g/mol. The van der Waals surface area contributed by atoms with Gasteiger partial charge in [-0.15, -0.1) is 0 Å². The molecule has 0 atom stereocenters. The van der Waals surface area contributed by atoms with E-state index in [0.29, 0.717) is 23.1 Å². The van der Waals surface area contributed by atoms with Crippen LogP contribution in [0, 0.1) is 0 Å². The maximum atomic E-state index is 10.7. The Bertz CT molecular complexity index is 658. The quantitative estimate of drug-likeness (QED) is 0.723. The normalized spacial score (nSPS) is 14.4. The van der Waals surface area contributed by atoms with Crippen molar-refractivity contribution >= 4 is 47.7 Å². The summed E-state index contributed by atoms with van der Waals surface area (Å²) in [5, 5.41) is 10.2. The second-order valence-corrected chi connectivity index (χ2v) is 7.72. The van der Waals surface area contributed by atoms with Crippen LogP contribution in [0.1, 0.15) is 12.0 Å². The van der Waals surface area contributed by atoms with Crippen molar-refractivity contribution in [1.29, 1.82) is 0 Å². The van der Waals surface area contributed by atoms with Gasteiger partial charge in [0, 0.05) is 17.2 Å². The van der Waals surface area contributed by atoms with E-state index >= 15 is 0 Å². The molecule has 0 aromatic heterocycles. The summed E-state index contributed by atoms with van der Waals surface area (Å²) in [6, 6.07) is 1.78. The van der Waals surface area contributed by atoms with Crippen LogP contribution in [0.2, 0.25) is 0 Å². The van der Waals surface area contributed by atoms with Crippen LogP contribution in [0.5, 0.6) is 5.75 Å². The summed E-state index contributed by atoms with van der Waals surface area (Å²) in [7, 11) is -3.96. The summed E-state index contributed by atoms with van der Waals surface area (Å²) in [6.45, 7) is 0.389. The minimum Gasteiger partial charge on any atom is -0.505 e. The van der Waals surface area contributed by atoms with E-state index in [0.717, 1.165) is 10.0 Å². The molecular formula is C12H13Br2NO4S. The molecule has 0 radical (unpaired) electrons. The van der Waals surface area contributed by atoms with Crippen molar-refractivity contribution in [2.75, 3.05) is 17.2 Å². The highest BCUT2D eigenvalue weighted by Crippen LogP contribution is 2.44. The first-order valence-electron chi connectivity index (χ1n) is 5.88. The molecule has 1 heterocycles. The van der Waals surface area contributed by atoms with E-state index in [1.165, 1.54) is 0 Å². The van der Waals surface area contributed by atoms with E-state index in [4.69, 9.17) is 4.55 Å². The predicted octanol–water partition coefficient (Wildman–Crippen LogP) is 3.07. The van der Waals surface area contributed by atoms with Crippen molar-refractivity contribution in [2.45, 2.75) is 12.8 Å². The Kier molecular flexibility index (Phi) is 4.78. The standard InChI is InChI=1S/C12H13Br2NO4S/c13-9-7-10(14)12(16)11-8(9)3-1-4-15(11)5-2-6-20(17,18)19/h1,4,7,16H,2-3,5-6H2,(H,17,18,19). The van der Waals surface area contributed by atoms with Crippen LogP contribution in [0.4, 0.5) is 5.69 Å². The Morgan fingerprint density at radius 1 is 1.30 bits per heavy atom. The first kappa shape index (κ1) is 15.8. The van der Waals surface area contributed by atoms with E-state index < -0.39 is 10.1 Å². The molecule has 2 N–H and O–H groups in total. The summed E-state index contributed by atoms with van der Waals surface area (Å²) >= 11 is 6.74. The van der Waals surface area contributed by atoms with Gasteiger partial charge in [-0.05, 0) is 40.4 Å². The summed E-state index contributed by atoms with van der Waals surface area (Å²) in [6.07, 6.45) is 4.70. The van der Waals surface area contributed by atoms with Crippen molar-refractivity contribution in [3.8, 4) is 5.75 Å². The molecule has 110 valence electrons. The molecule has 1 aliphatic heterocycles. The average Bonchev–Trinajstić information content (AvgIpc) is 2.34. The lowest BCUT2D eigenvalue weighted by molar-refractivity contribution is 0.470. The van der Waals surface area contributed by atoms with Crippen LogP contribution in [0.15, 0.2) is 27.3 Å². The molecule has 8 heteroatoms. The Hall–Kier alpha value is -0.570. The molecule has 2 rings (SSSR count). The van der Waals surface area contributed by atoms with Crippen molar-refractivity contribution in [3.63, 3.8) is 0 Å². The number of benzene rings is 1. The highest BCUT2D eigenvalue weighted by molar-refractivity contribution is 9.11. The minimum atomic E-state index is -3.96. The maximum Gasteiger partial charge on any atom is 0.264 e. The largest absolute Gasteiger partial charge is 0.505 e. The molecule has 0 fully saturated rings. The first-order valence-corrected chi connectivity index (χ1v) is 9.07. The predicted molar refractivity (Wildman–Crippen MR) is 84.7 cm³/mol. The number of aromatic hydroxyl groups is 1. The fraction of sp³-hybridized carbons (Fsp3) is 0.333. The first-order chi connectivity index (χ1) is 9.29. The molecule has 0 saturated carbocycles. The van der Waals surface area contributed by atoms with Crippen LogP contribution < -0.4 is 4.90 Å².